The lowest BCUT2D eigenvalue weighted by atomic mass is 9.92. The van der Waals surface area contributed by atoms with Crippen LogP contribution in [0.2, 0.25) is 0 Å². The highest BCUT2D eigenvalue weighted by molar-refractivity contribution is 7.09. The number of hydrogen-bond donors (Lipinski definition) is 0. The van der Waals surface area contributed by atoms with E-state index in [2.05, 4.69) is 41.6 Å². The van der Waals surface area contributed by atoms with Crippen LogP contribution in [0, 0.1) is 0 Å². The van der Waals surface area contributed by atoms with Gasteiger partial charge < -0.3 is 4.90 Å². The summed E-state index contributed by atoms with van der Waals surface area (Å²) in [5, 5.41) is 3.35. The predicted octanol–water partition coefficient (Wildman–Crippen LogP) is 7.90. The second-order valence-corrected chi connectivity index (χ2v) is 10.0. The van der Waals surface area contributed by atoms with Gasteiger partial charge in [-0.05, 0) is 55.9 Å². The lowest BCUT2D eigenvalue weighted by molar-refractivity contribution is 0.221. The normalized spacial score (nSPS) is 15.1. The van der Waals surface area contributed by atoms with Crippen molar-refractivity contribution in [2.45, 2.75) is 45.2 Å². The molecule has 2 nitrogen and oxygen atoms in total. The van der Waals surface area contributed by atoms with E-state index >= 15 is 0 Å². The number of nitrogens with zero attached hydrogens (tertiary/aromatic N) is 2. The van der Waals surface area contributed by atoms with E-state index in [9.17, 15) is 4.39 Å². The summed E-state index contributed by atoms with van der Waals surface area (Å²) in [5.41, 5.74) is 5.80. The second-order valence-electron chi connectivity index (χ2n) is 9.15. The fraction of sp³-hybridized carbons (Fsp3) is 0.321. The van der Waals surface area contributed by atoms with Crippen LogP contribution in [-0.2, 0) is 5.67 Å². The maximum absolute atomic E-state index is 14.3. The average Bonchev–Trinajstić information content (AvgIpc) is 3.29. The van der Waals surface area contributed by atoms with Crippen LogP contribution in [0.15, 0.2) is 67.1 Å². The Morgan fingerprint density at radius 1 is 1.06 bits per heavy atom. The molecule has 0 atom stereocenters. The van der Waals surface area contributed by atoms with E-state index in [1.165, 1.54) is 5.01 Å². The SMILES string of the molecule is C=C(C)c1csc(C2CCN(C(=C)c3ccccc3-c3ccc(C(C)(C)F)cc3)CC2)n1. The van der Waals surface area contributed by atoms with Crippen molar-refractivity contribution in [1.29, 1.82) is 0 Å². The number of alkyl halides is 1. The molecule has 0 bridgehead atoms. The molecule has 1 aromatic heterocycles. The lowest BCUT2D eigenvalue weighted by Crippen LogP contribution is -2.31. The Hall–Kier alpha value is -2.72. The van der Waals surface area contributed by atoms with E-state index in [4.69, 9.17) is 4.98 Å². The fourth-order valence-electron chi connectivity index (χ4n) is 4.27. The summed E-state index contributed by atoms with van der Waals surface area (Å²) in [5.74, 6) is 0.504. The van der Waals surface area contributed by atoms with Crippen molar-refractivity contribution in [3.05, 3.63) is 88.9 Å². The molecule has 1 saturated heterocycles. The summed E-state index contributed by atoms with van der Waals surface area (Å²) in [6.07, 6.45) is 2.15. The summed E-state index contributed by atoms with van der Waals surface area (Å²) in [7, 11) is 0. The Bertz CT molecular complexity index is 1110. The van der Waals surface area contributed by atoms with E-state index in [0.29, 0.717) is 11.5 Å². The number of allylic oxidation sites excluding steroid dienone is 1. The summed E-state index contributed by atoms with van der Waals surface area (Å²) < 4.78 is 14.3. The number of hydrogen-bond acceptors (Lipinski definition) is 3. The second kappa shape index (κ2) is 9.03. The molecule has 2 heterocycles. The highest BCUT2D eigenvalue weighted by Gasteiger charge is 2.25. The van der Waals surface area contributed by atoms with E-state index in [-0.39, 0.29) is 0 Å². The molecule has 1 fully saturated rings. The van der Waals surface area contributed by atoms with Gasteiger partial charge in [-0.2, -0.15) is 0 Å². The first-order valence-electron chi connectivity index (χ1n) is 11.2. The Labute approximate surface area is 195 Å². The van der Waals surface area contributed by atoms with Crippen LogP contribution >= 0.6 is 11.3 Å². The largest absolute Gasteiger partial charge is 0.371 e. The first-order chi connectivity index (χ1) is 15.2. The smallest absolute Gasteiger partial charge is 0.130 e. The van der Waals surface area contributed by atoms with Crippen LogP contribution in [0.3, 0.4) is 0 Å². The average molecular weight is 447 g/mol. The zero-order valence-electron chi connectivity index (χ0n) is 19.2. The third-order valence-corrected chi connectivity index (χ3v) is 7.31. The molecule has 0 amide bonds. The molecule has 4 rings (SSSR count). The number of aromatic nitrogens is 1. The van der Waals surface area contributed by atoms with Crippen molar-refractivity contribution in [3.8, 4) is 11.1 Å². The molecule has 0 aliphatic carbocycles. The van der Waals surface area contributed by atoms with Gasteiger partial charge in [0.15, 0.2) is 0 Å². The predicted molar refractivity (Wildman–Crippen MR) is 135 cm³/mol. The van der Waals surface area contributed by atoms with Gasteiger partial charge in [-0.25, -0.2) is 9.37 Å². The molecule has 166 valence electrons. The monoisotopic (exact) mass is 446 g/mol. The molecule has 3 aromatic rings. The Balaban J connectivity index is 1.49. The molecule has 0 spiro atoms. The minimum Gasteiger partial charge on any atom is -0.371 e. The molecule has 1 aliphatic rings. The minimum atomic E-state index is -1.34. The van der Waals surface area contributed by atoms with Crippen LogP contribution in [-0.4, -0.2) is 23.0 Å². The van der Waals surface area contributed by atoms with Crippen molar-refractivity contribution in [2.75, 3.05) is 13.1 Å². The molecular weight excluding hydrogens is 415 g/mol. The van der Waals surface area contributed by atoms with Gasteiger partial charge >= 0.3 is 0 Å². The number of benzene rings is 2. The third-order valence-electron chi connectivity index (χ3n) is 6.31. The number of thiazole rings is 1. The Kier molecular flexibility index (Phi) is 6.34. The van der Waals surface area contributed by atoms with E-state index in [0.717, 1.165) is 59.6 Å². The van der Waals surface area contributed by atoms with Crippen LogP contribution in [0.1, 0.15) is 61.4 Å². The molecule has 4 heteroatoms. The zero-order chi connectivity index (χ0) is 22.9. The maximum atomic E-state index is 14.3. The number of rotatable bonds is 6. The molecule has 0 saturated carbocycles. The van der Waals surface area contributed by atoms with Gasteiger partial charge in [0.1, 0.15) is 5.67 Å². The summed E-state index contributed by atoms with van der Waals surface area (Å²) in [4.78, 5) is 7.18. The van der Waals surface area contributed by atoms with Crippen molar-refractivity contribution < 1.29 is 4.39 Å². The van der Waals surface area contributed by atoms with Crippen molar-refractivity contribution in [3.63, 3.8) is 0 Å². The molecule has 0 radical (unpaired) electrons. The highest BCUT2D eigenvalue weighted by atomic mass is 32.1. The standard InChI is InChI=1S/C28H31FN2S/c1-19(2)26-18-32-27(30-26)22-14-16-31(17-15-22)20(3)24-8-6-7-9-25(24)21-10-12-23(13-11-21)28(4,5)29/h6-13,18,22H,1,3,14-17H2,2,4-5H3. The molecular formula is C28H31FN2S. The zero-order valence-corrected chi connectivity index (χ0v) is 20.0. The summed E-state index contributed by atoms with van der Waals surface area (Å²) >= 11 is 1.75. The molecule has 0 unspecified atom stereocenters. The Morgan fingerprint density at radius 3 is 2.31 bits per heavy atom. The van der Waals surface area contributed by atoms with E-state index in [1.807, 2.05) is 37.3 Å². The first kappa shape index (κ1) is 22.5. The van der Waals surface area contributed by atoms with E-state index in [1.54, 1.807) is 25.2 Å². The van der Waals surface area contributed by atoms with Gasteiger partial charge in [-0.15, -0.1) is 11.3 Å². The number of piperidine rings is 1. The van der Waals surface area contributed by atoms with Crippen LogP contribution < -0.4 is 0 Å². The van der Waals surface area contributed by atoms with Gasteiger partial charge in [0.05, 0.1) is 10.7 Å². The quantitative estimate of drug-likeness (QED) is 0.382. The minimum absolute atomic E-state index is 0.504. The van der Waals surface area contributed by atoms with Crippen LogP contribution in [0.25, 0.3) is 22.4 Å². The van der Waals surface area contributed by atoms with Gasteiger partial charge in [-0.3, -0.25) is 0 Å². The topological polar surface area (TPSA) is 16.1 Å². The number of likely N-dealkylation sites (tertiary alicyclic amines) is 1. The van der Waals surface area contributed by atoms with Crippen molar-refractivity contribution in [2.24, 2.45) is 0 Å². The van der Waals surface area contributed by atoms with Crippen molar-refractivity contribution in [1.82, 2.24) is 9.88 Å². The number of halogens is 1. The first-order valence-corrected chi connectivity index (χ1v) is 12.1. The fourth-order valence-corrected chi connectivity index (χ4v) is 5.34. The lowest BCUT2D eigenvalue weighted by Gasteiger charge is -2.34. The van der Waals surface area contributed by atoms with Gasteiger partial charge in [0, 0.05) is 35.6 Å². The highest BCUT2D eigenvalue weighted by Crippen LogP contribution is 2.36. The molecule has 32 heavy (non-hydrogen) atoms. The van der Waals surface area contributed by atoms with Gasteiger partial charge in [0.2, 0.25) is 0 Å². The molecule has 2 aromatic carbocycles. The van der Waals surface area contributed by atoms with Crippen molar-refractivity contribution >= 4 is 22.6 Å². The Morgan fingerprint density at radius 2 is 1.72 bits per heavy atom. The van der Waals surface area contributed by atoms with Gasteiger partial charge in [-0.1, -0.05) is 61.7 Å². The summed E-state index contributed by atoms with van der Waals surface area (Å²) in [6.45, 7) is 15.6. The third kappa shape index (κ3) is 4.71. The molecule has 1 aliphatic heterocycles. The molecule has 0 N–H and O–H groups in total. The van der Waals surface area contributed by atoms with Gasteiger partial charge in [0.25, 0.3) is 0 Å². The maximum Gasteiger partial charge on any atom is 0.130 e. The van der Waals surface area contributed by atoms with E-state index < -0.39 is 5.67 Å². The van der Waals surface area contributed by atoms with Crippen LogP contribution in [0.4, 0.5) is 4.39 Å². The summed E-state index contributed by atoms with van der Waals surface area (Å²) in [6, 6.07) is 16.2. The van der Waals surface area contributed by atoms with Crippen LogP contribution in [0.5, 0.6) is 0 Å².